The summed E-state index contributed by atoms with van der Waals surface area (Å²) in [7, 11) is 0. The van der Waals surface area contributed by atoms with Gasteiger partial charge in [-0.15, -0.1) is 11.3 Å². The molecule has 2 aliphatic rings. The summed E-state index contributed by atoms with van der Waals surface area (Å²) in [6.45, 7) is 10.2. The second kappa shape index (κ2) is 6.47. The molecule has 3 rings (SSSR count). The van der Waals surface area contributed by atoms with Gasteiger partial charge in [0.1, 0.15) is 0 Å². The summed E-state index contributed by atoms with van der Waals surface area (Å²) >= 11 is 4.00. The molecule has 3 nitrogen and oxygen atoms in total. The first-order valence-electron chi connectivity index (χ1n) is 8.18. The fourth-order valence-electron chi connectivity index (χ4n) is 2.78. The van der Waals surface area contributed by atoms with Gasteiger partial charge in [-0.05, 0) is 33.1 Å². The maximum Gasteiger partial charge on any atom is 0.185 e. The molecule has 1 aromatic rings. The molecule has 2 heterocycles. The molecule has 0 spiro atoms. The smallest absolute Gasteiger partial charge is 0.185 e. The molecule has 1 aromatic heterocycles. The maximum absolute atomic E-state index is 4.98. The van der Waals surface area contributed by atoms with Crippen molar-refractivity contribution in [3.63, 3.8) is 0 Å². The molecule has 1 aliphatic carbocycles. The SMILES string of the molecule is CCCc1nc(N2CCSC(C)(C)C2)sc1CNC1CC1. The fourth-order valence-corrected chi connectivity index (χ4v) is 4.97. The molecule has 0 unspecified atom stereocenters. The van der Waals surface area contributed by atoms with E-state index in [0.717, 1.165) is 32.1 Å². The Morgan fingerprint density at radius 2 is 2.19 bits per heavy atom. The minimum Gasteiger partial charge on any atom is -0.346 e. The Kier molecular flexibility index (Phi) is 4.81. The number of thioether (sulfide) groups is 1. The highest BCUT2D eigenvalue weighted by molar-refractivity contribution is 8.00. The van der Waals surface area contributed by atoms with Crippen LogP contribution >= 0.6 is 23.1 Å². The van der Waals surface area contributed by atoms with Crippen molar-refractivity contribution in [3.8, 4) is 0 Å². The number of hydrogen-bond acceptors (Lipinski definition) is 5. The van der Waals surface area contributed by atoms with E-state index in [4.69, 9.17) is 4.98 Å². The van der Waals surface area contributed by atoms with Crippen LogP contribution in [-0.2, 0) is 13.0 Å². The molecule has 0 amide bonds. The first-order valence-corrected chi connectivity index (χ1v) is 9.98. The largest absolute Gasteiger partial charge is 0.346 e. The summed E-state index contributed by atoms with van der Waals surface area (Å²) in [5.74, 6) is 1.21. The van der Waals surface area contributed by atoms with Crippen molar-refractivity contribution in [1.29, 1.82) is 0 Å². The Morgan fingerprint density at radius 3 is 2.86 bits per heavy atom. The standard InChI is InChI=1S/C16H27N3S2/c1-4-5-13-14(10-17-12-6-7-12)21-15(18-13)19-8-9-20-16(2,3)11-19/h12,17H,4-11H2,1-3H3. The molecule has 1 N–H and O–H groups in total. The molecule has 0 radical (unpaired) electrons. The molecule has 0 atom stereocenters. The summed E-state index contributed by atoms with van der Waals surface area (Å²) in [4.78, 5) is 8.95. The van der Waals surface area contributed by atoms with Gasteiger partial charge in [-0.1, -0.05) is 13.3 Å². The van der Waals surface area contributed by atoms with Crippen LogP contribution in [0, 0.1) is 0 Å². The molecule has 1 saturated heterocycles. The van der Waals surface area contributed by atoms with E-state index >= 15 is 0 Å². The average molecular weight is 326 g/mol. The van der Waals surface area contributed by atoms with Gasteiger partial charge in [0.2, 0.25) is 0 Å². The monoisotopic (exact) mass is 325 g/mol. The summed E-state index contributed by atoms with van der Waals surface area (Å²) in [6.07, 6.45) is 5.00. The molecule has 5 heteroatoms. The number of nitrogens with zero attached hydrogens (tertiary/aromatic N) is 2. The minimum atomic E-state index is 0.348. The van der Waals surface area contributed by atoms with Crippen LogP contribution in [0.3, 0.4) is 0 Å². The van der Waals surface area contributed by atoms with Crippen LogP contribution in [0.15, 0.2) is 0 Å². The molecule has 1 aliphatic heterocycles. The van der Waals surface area contributed by atoms with Gasteiger partial charge in [0, 0.05) is 41.1 Å². The van der Waals surface area contributed by atoms with E-state index in [0.29, 0.717) is 4.75 Å². The Hall–Kier alpha value is -0.260. The first kappa shape index (κ1) is 15.6. The van der Waals surface area contributed by atoms with Crippen LogP contribution in [0.4, 0.5) is 5.13 Å². The highest BCUT2D eigenvalue weighted by atomic mass is 32.2. The van der Waals surface area contributed by atoms with E-state index in [2.05, 4.69) is 42.7 Å². The van der Waals surface area contributed by atoms with Gasteiger partial charge in [-0.25, -0.2) is 4.98 Å². The lowest BCUT2D eigenvalue weighted by atomic mass is 10.2. The summed E-state index contributed by atoms with van der Waals surface area (Å²) < 4.78 is 0.348. The third-order valence-corrected chi connectivity index (χ3v) is 6.53. The second-order valence-corrected chi connectivity index (χ2v) is 9.67. The Labute approximate surface area is 136 Å². The highest BCUT2D eigenvalue weighted by Crippen LogP contribution is 2.35. The van der Waals surface area contributed by atoms with E-state index in [-0.39, 0.29) is 0 Å². The zero-order valence-corrected chi connectivity index (χ0v) is 15.1. The Balaban J connectivity index is 1.72. The van der Waals surface area contributed by atoms with Gasteiger partial charge in [-0.3, -0.25) is 0 Å². The van der Waals surface area contributed by atoms with Crippen molar-refractivity contribution < 1.29 is 0 Å². The zero-order valence-electron chi connectivity index (χ0n) is 13.4. The molecule has 2 fully saturated rings. The average Bonchev–Trinajstić information content (AvgIpc) is 3.17. The van der Waals surface area contributed by atoms with Gasteiger partial charge in [0.25, 0.3) is 0 Å². The van der Waals surface area contributed by atoms with Gasteiger partial charge in [0.05, 0.1) is 5.69 Å². The molecule has 21 heavy (non-hydrogen) atoms. The van der Waals surface area contributed by atoms with E-state index in [1.165, 1.54) is 40.7 Å². The fraction of sp³-hybridized carbons (Fsp3) is 0.812. The van der Waals surface area contributed by atoms with Crippen LogP contribution in [0.1, 0.15) is 50.6 Å². The summed E-state index contributed by atoms with van der Waals surface area (Å²) in [5.41, 5.74) is 1.33. The number of nitrogens with one attached hydrogen (secondary N) is 1. The lowest BCUT2D eigenvalue weighted by Crippen LogP contribution is -2.43. The van der Waals surface area contributed by atoms with Gasteiger partial charge in [-0.2, -0.15) is 11.8 Å². The van der Waals surface area contributed by atoms with Crippen LogP contribution in [0.2, 0.25) is 0 Å². The van der Waals surface area contributed by atoms with Crippen molar-refractivity contribution in [2.24, 2.45) is 0 Å². The quantitative estimate of drug-likeness (QED) is 0.863. The van der Waals surface area contributed by atoms with Crippen LogP contribution in [0.5, 0.6) is 0 Å². The molecular weight excluding hydrogens is 298 g/mol. The predicted molar refractivity (Wildman–Crippen MR) is 94.7 cm³/mol. The van der Waals surface area contributed by atoms with Gasteiger partial charge in [0.15, 0.2) is 5.13 Å². The molecule has 0 aromatic carbocycles. The van der Waals surface area contributed by atoms with Crippen molar-refractivity contribution in [1.82, 2.24) is 10.3 Å². The molecule has 0 bridgehead atoms. The normalized spacial score (nSPS) is 21.8. The van der Waals surface area contributed by atoms with Crippen LogP contribution in [-0.4, -0.2) is 34.6 Å². The minimum absolute atomic E-state index is 0.348. The lowest BCUT2D eigenvalue weighted by molar-refractivity contribution is 0.645. The summed E-state index contributed by atoms with van der Waals surface area (Å²) in [5, 5.41) is 4.90. The maximum atomic E-state index is 4.98. The van der Waals surface area contributed by atoms with E-state index < -0.39 is 0 Å². The number of hydrogen-bond donors (Lipinski definition) is 1. The van der Waals surface area contributed by atoms with Crippen LogP contribution in [0.25, 0.3) is 0 Å². The van der Waals surface area contributed by atoms with Gasteiger partial charge < -0.3 is 10.2 Å². The van der Waals surface area contributed by atoms with Crippen molar-refractivity contribution in [3.05, 3.63) is 10.6 Å². The predicted octanol–water partition coefficient (Wildman–Crippen LogP) is 3.68. The zero-order chi connectivity index (χ0) is 14.9. The summed E-state index contributed by atoms with van der Waals surface area (Å²) in [6, 6.07) is 0.773. The number of aromatic nitrogens is 1. The van der Waals surface area contributed by atoms with Crippen molar-refractivity contribution >= 4 is 28.2 Å². The molecular formula is C16H27N3S2. The van der Waals surface area contributed by atoms with Crippen LogP contribution < -0.4 is 10.2 Å². The number of aryl methyl sites for hydroxylation is 1. The van der Waals surface area contributed by atoms with Crippen molar-refractivity contribution in [2.45, 2.75) is 63.8 Å². The van der Waals surface area contributed by atoms with E-state index in [9.17, 15) is 0 Å². The van der Waals surface area contributed by atoms with Crippen molar-refractivity contribution in [2.75, 3.05) is 23.7 Å². The topological polar surface area (TPSA) is 28.2 Å². The number of anilines is 1. The lowest BCUT2D eigenvalue weighted by Gasteiger charge is -2.37. The van der Waals surface area contributed by atoms with E-state index in [1.807, 2.05) is 11.3 Å². The molecule has 1 saturated carbocycles. The molecule has 118 valence electrons. The number of rotatable bonds is 6. The number of thiazole rings is 1. The highest BCUT2D eigenvalue weighted by Gasteiger charge is 2.29. The second-order valence-electron chi connectivity index (χ2n) is 6.80. The Morgan fingerprint density at radius 1 is 1.38 bits per heavy atom. The third kappa shape index (κ3) is 4.14. The third-order valence-electron chi connectivity index (χ3n) is 4.08. The van der Waals surface area contributed by atoms with Gasteiger partial charge >= 0.3 is 0 Å². The van der Waals surface area contributed by atoms with E-state index in [1.54, 1.807) is 0 Å². The Bertz CT molecular complexity index is 480. The first-order chi connectivity index (χ1) is 10.1.